The summed E-state index contributed by atoms with van der Waals surface area (Å²) in [6.07, 6.45) is 0. The molecule has 0 N–H and O–H groups in total. The Kier molecular flexibility index (Phi) is 5.50. The van der Waals surface area contributed by atoms with Crippen LogP contribution in [0, 0.1) is 0 Å². The van der Waals surface area contributed by atoms with Gasteiger partial charge in [-0.25, -0.2) is 9.59 Å². The van der Waals surface area contributed by atoms with E-state index in [1.165, 1.54) is 0 Å². The van der Waals surface area contributed by atoms with Crippen molar-refractivity contribution in [3.05, 3.63) is 10.1 Å². The molecule has 0 aliphatic rings. The van der Waals surface area contributed by atoms with Gasteiger partial charge in [-0.1, -0.05) is 23.2 Å². The van der Waals surface area contributed by atoms with E-state index in [0.29, 0.717) is 0 Å². The normalized spacial score (nSPS) is 11.7. The molecule has 0 heterocycles. The first-order valence-electron chi connectivity index (χ1n) is 3.35. The van der Waals surface area contributed by atoms with Crippen molar-refractivity contribution >= 4 is 35.1 Å². The molecule has 0 saturated heterocycles. The molecule has 0 fully saturated rings. The Balaban J connectivity index is 4.60. The molecular weight excluding hydrogens is 219 g/mol. The maximum Gasteiger partial charge on any atom is 0.351 e. The fraction of sp³-hybridized carbons (Fsp3) is 0.429. The van der Waals surface area contributed by atoms with Gasteiger partial charge in [-0.3, -0.25) is 0 Å². The first kappa shape index (κ1) is 12.3. The van der Waals surface area contributed by atoms with Crippen molar-refractivity contribution in [1.82, 2.24) is 0 Å². The number of hydrogen-bond acceptors (Lipinski definition) is 4. The predicted octanol–water partition coefficient (Wildman–Crippen LogP) is 1.41. The summed E-state index contributed by atoms with van der Waals surface area (Å²) in [4.78, 5) is 21.7. The summed E-state index contributed by atoms with van der Waals surface area (Å²) in [5, 5.41) is -0.960. The Hall–Kier alpha value is -0.740. The highest BCUT2D eigenvalue weighted by Gasteiger charge is 2.18. The minimum Gasteiger partial charge on any atom is -0.465 e. The molecular formula is C7H8Cl2O4. The summed E-state index contributed by atoms with van der Waals surface area (Å²) >= 11 is 10.8. The third-order valence-electron chi connectivity index (χ3n) is 1.01. The molecule has 0 atom stereocenters. The third-order valence-corrected chi connectivity index (χ3v) is 1.80. The Labute approximate surface area is 85.4 Å². The first-order chi connectivity index (χ1) is 6.04. The van der Waals surface area contributed by atoms with Crippen LogP contribution < -0.4 is 0 Å². The van der Waals surface area contributed by atoms with Crippen LogP contribution in [0.15, 0.2) is 10.1 Å². The molecule has 0 aliphatic carbocycles. The molecule has 0 aromatic heterocycles. The van der Waals surface area contributed by atoms with Crippen molar-refractivity contribution in [2.45, 2.75) is 6.92 Å². The van der Waals surface area contributed by atoms with E-state index in [1.807, 2.05) is 0 Å². The molecule has 4 nitrogen and oxygen atoms in total. The van der Waals surface area contributed by atoms with Crippen LogP contribution >= 0.6 is 23.2 Å². The summed E-state index contributed by atoms with van der Waals surface area (Å²) in [7, 11) is 1.13. The second kappa shape index (κ2) is 5.83. The summed E-state index contributed by atoms with van der Waals surface area (Å²) < 4.78 is 8.74. The van der Waals surface area contributed by atoms with E-state index in [9.17, 15) is 9.59 Å². The number of ether oxygens (including phenoxy) is 2. The van der Waals surface area contributed by atoms with Gasteiger partial charge in [-0.05, 0) is 6.92 Å². The average molecular weight is 227 g/mol. The third kappa shape index (κ3) is 3.65. The van der Waals surface area contributed by atoms with Gasteiger partial charge in [0.25, 0.3) is 0 Å². The molecule has 13 heavy (non-hydrogen) atoms. The van der Waals surface area contributed by atoms with Gasteiger partial charge >= 0.3 is 11.9 Å². The number of carbonyl (C=O) groups is 2. The number of esters is 2. The lowest BCUT2D eigenvalue weighted by Crippen LogP contribution is -2.09. The Morgan fingerprint density at radius 1 is 1.15 bits per heavy atom. The van der Waals surface area contributed by atoms with E-state index >= 15 is 0 Å². The maximum atomic E-state index is 10.9. The van der Waals surface area contributed by atoms with Crippen molar-refractivity contribution in [3.8, 4) is 0 Å². The van der Waals surface area contributed by atoms with Crippen LogP contribution in [0.25, 0.3) is 0 Å². The SMILES string of the molecule is CCOC(=O)/C(Cl)=C(/Cl)C(=O)OC. The minimum atomic E-state index is -0.875. The number of carbonyl (C=O) groups excluding carboxylic acids is 2. The molecule has 0 unspecified atom stereocenters. The fourth-order valence-corrected chi connectivity index (χ4v) is 0.749. The zero-order valence-corrected chi connectivity index (χ0v) is 8.61. The number of methoxy groups -OCH3 is 1. The van der Waals surface area contributed by atoms with Gasteiger partial charge in [0.1, 0.15) is 0 Å². The molecule has 0 amide bonds. The van der Waals surface area contributed by atoms with Gasteiger partial charge in [0.15, 0.2) is 10.1 Å². The lowest BCUT2D eigenvalue weighted by Gasteiger charge is -2.01. The average Bonchev–Trinajstić information content (AvgIpc) is 2.14. The van der Waals surface area contributed by atoms with Crippen LogP contribution in [0.4, 0.5) is 0 Å². The topological polar surface area (TPSA) is 52.6 Å². The van der Waals surface area contributed by atoms with Crippen molar-refractivity contribution in [1.29, 1.82) is 0 Å². The first-order valence-corrected chi connectivity index (χ1v) is 4.10. The highest BCUT2D eigenvalue weighted by Crippen LogP contribution is 2.16. The second-order valence-electron chi connectivity index (χ2n) is 1.84. The van der Waals surface area contributed by atoms with Gasteiger partial charge in [0, 0.05) is 0 Å². The van der Waals surface area contributed by atoms with Gasteiger partial charge in [0.2, 0.25) is 0 Å². The summed E-state index contributed by atoms with van der Waals surface area (Å²) in [5.41, 5.74) is 0. The van der Waals surface area contributed by atoms with E-state index in [4.69, 9.17) is 23.2 Å². The van der Waals surface area contributed by atoms with Gasteiger partial charge < -0.3 is 9.47 Å². The lowest BCUT2D eigenvalue weighted by molar-refractivity contribution is -0.139. The molecule has 0 radical (unpaired) electrons. The minimum absolute atomic E-state index is 0.153. The Morgan fingerprint density at radius 2 is 1.62 bits per heavy atom. The molecule has 0 rings (SSSR count). The molecule has 6 heteroatoms. The number of rotatable bonds is 3. The van der Waals surface area contributed by atoms with Crippen molar-refractivity contribution < 1.29 is 19.1 Å². The van der Waals surface area contributed by atoms with Crippen molar-refractivity contribution in [2.24, 2.45) is 0 Å². The molecule has 0 spiro atoms. The van der Waals surface area contributed by atoms with E-state index in [-0.39, 0.29) is 6.61 Å². The molecule has 0 aromatic rings. The molecule has 0 aliphatic heterocycles. The lowest BCUT2D eigenvalue weighted by atomic mass is 10.5. The van der Waals surface area contributed by atoms with Crippen LogP contribution in [-0.2, 0) is 19.1 Å². The summed E-state index contributed by atoms with van der Waals surface area (Å²) in [6.45, 7) is 1.76. The quantitative estimate of drug-likeness (QED) is 0.540. The zero-order valence-electron chi connectivity index (χ0n) is 7.10. The number of halogens is 2. The summed E-state index contributed by atoms with van der Waals surface area (Å²) in [6, 6.07) is 0. The molecule has 74 valence electrons. The zero-order chi connectivity index (χ0) is 10.4. The Bertz CT molecular complexity index is 247. The van der Waals surface area contributed by atoms with Crippen LogP contribution in [0.5, 0.6) is 0 Å². The second-order valence-corrected chi connectivity index (χ2v) is 2.60. The van der Waals surface area contributed by atoms with Crippen LogP contribution in [0.2, 0.25) is 0 Å². The van der Waals surface area contributed by atoms with E-state index in [2.05, 4.69) is 9.47 Å². The van der Waals surface area contributed by atoms with Gasteiger partial charge in [0.05, 0.1) is 13.7 Å². The predicted molar refractivity (Wildman–Crippen MR) is 47.4 cm³/mol. The maximum absolute atomic E-state index is 10.9. The highest BCUT2D eigenvalue weighted by molar-refractivity contribution is 6.53. The van der Waals surface area contributed by atoms with Crippen molar-refractivity contribution in [3.63, 3.8) is 0 Å². The molecule has 0 bridgehead atoms. The highest BCUT2D eigenvalue weighted by atomic mass is 35.5. The summed E-state index contributed by atoms with van der Waals surface area (Å²) in [5.74, 6) is -1.72. The van der Waals surface area contributed by atoms with E-state index in [1.54, 1.807) is 6.92 Å². The largest absolute Gasteiger partial charge is 0.465 e. The van der Waals surface area contributed by atoms with E-state index in [0.717, 1.165) is 7.11 Å². The fourth-order valence-electron chi connectivity index (χ4n) is 0.463. The van der Waals surface area contributed by atoms with Gasteiger partial charge in [-0.15, -0.1) is 0 Å². The smallest absolute Gasteiger partial charge is 0.351 e. The standard InChI is InChI=1S/C7H8Cl2O4/c1-3-13-7(11)5(9)4(8)6(10)12-2/h3H2,1-2H3/b5-4-. The van der Waals surface area contributed by atoms with Crippen LogP contribution in [0.1, 0.15) is 6.92 Å². The van der Waals surface area contributed by atoms with Crippen molar-refractivity contribution in [2.75, 3.05) is 13.7 Å². The monoisotopic (exact) mass is 226 g/mol. The molecule has 0 aromatic carbocycles. The van der Waals surface area contributed by atoms with E-state index < -0.39 is 22.0 Å². The molecule has 0 saturated carbocycles. The van der Waals surface area contributed by atoms with Crippen LogP contribution in [0.3, 0.4) is 0 Å². The van der Waals surface area contributed by atoms with Crippen LogP contribution in [-0.4, -0.2) is 25.7 Å². The van der Waals surface area contributed by atoms with Gasteiger partial charge in [-0.2, -0.15) is 0 Å². The number of hydrogen-bond donors (Lipinski definition) is 0. The Morgan fingerprint density at radius 3 is 2.00 bits per heavy atom.